The molecule has 1 saturated heterocycles. The highest BCUT2D eigenvalue weighted by atomic mass is 16.5. The Labute approximate surface area is 206 Å². The maximum absolute atomic E-state index is 13.7. The molecule has 12 heteroatoms. The third-order valence-corrected chi connectivity index (χ3v) is 6.54. The van der Waals surface area contributed by atoms with E-state index in [-0.39, 0.29) is 29.5 Å². The Morgan fingerprint density at radius 1 is 1.25 bits per heavy atom. The van der Waals surface area contributed by atoms with E-state index >= 15 is 0 Å². The van der Waals surface area contributed by atoms with E-state index in [0.29, 0.717) is 75.2 Å². The number of ether oxygens (including phenoxy) is 1. The molecule has 0 unspecified atom stereocenters. The summed E-state index contributed by atoms with van der Waals surface area (Å²) in [6.07, 6.45) is 5.31. The van der Waals surface area contributed by atoms with Crippen LogP contribution in [0.2, 0.25) is 0 Å². The maximum Gasteiger partial charge on any atom is 0.299 e. The molecule has 12 nitrogen and oxygen atoms in total. The van der Waals surface area contributed by atoms with Crippen LogP contribution in [-0.2, 0) is 22.5 Å². The van der Waals surface area contributed by atoms with Crippen LogP contribution in [0.3, 0.4) is 0 Å². The fourth-order valence-corrected chi connectivity index (χ4v) is 4.74. The third kappa shape index (κ3) is 4.13. The summed E-state index contributed by atoms with van der Waals surface area (Å²) < 4.78 is 8.38. The number of hydrogen-bond acceptors (Lipinski definition) is 9. The summed E-state index contributed by atoms with van der Waals surface area (Å²) in [6, 6.07) is 2.99. The Kier molecular flexibility index (Phi) is 6.51. The van der Waals surface area contributed by atoms with Gasteiger partial charge in [-0.2, -0.15) is 9.50 Å². The van der Waals surface area contributed by atoms with Gasteiger partial charge in [0.15, 0.2) is 11.5 Å². The number of pyridine rings is 1. The molecule has 36 heavy (non-hydrogen) atoms. The zero-order chi connectivity index (χ0) is 25.2. The molecule has 0 aromatic carbocycles. The van der Waals surface area contributed by atoms with Crippen LogP contribution in [0.1, 0.15) is 35.4 Å². The Bertz CT molecular complexity index is 1400. The molecular weight excluding hydrogens is 466 g/mol. The SMILES string of the molecule is CCc1c(N2CCN(C(=O)c3ncccc3O)CC2)c(=O)n2nc(C3=CCOCC3)nc2n1CC=O. The highest BCUT2D eigenvalue weighted by Gasteiger charge is 2.29. The first-order chi connectivity index (χ1) is 17.5. The number of aromatic nitrogens is 5. The molecule has 3 aromatic rings. The number of rotatable bonds is 6. The van der Waals surface area contributed by atoms with E-state index < -0.39 is 0 Å². The predicted molar refractivity (Wildman–Crippen MR) is 130 cm³/mol. The van der Waals surface area contributed by atoms with Gasteiger partial charge in [0.25, 0.3) is 11.5 Å². The Balaban J connectivity index is 1.50. The Morgan fingerprint density at radius 3 is 2.72 bits per heavy atom. The first-order valence-electron chi connectivity index (χ1n) is 11.9. The second-order valence-electron chi connectivity index (χ2n) is 8.58. The largest absolute Gasteiger partial charge is 0.505 e. The van der Waals surface area contributed by atoms with Gasteiger partial charge in [-0.15, -0.1) is 5.10 Å². The minimum atomic E-state index is -0.358. The van der Waals surface area contributed by atoms with Crippen molar-refractivity contribution >= 4 is 29.2 Å². The van der Waals surface area contributed by atoms with Gasteiger partial charge in [0.2, 0.25) is 5.78 Å². The molecule has 188 valence electrons. The van der Waals surface area contributed by atoms with Crippen molar-refractivity contribution in [1.82, 2.24) is 29.0 Å². The average Bonchev–Trinajstić information content (AvgIpc) is 3.37. The fourth-order valence-electron chi connectivity index (χ4n) is 4.74. The Hall–Kier alpha value is -4.06. The van der Waals surface area contributed by atoms with Crippen LogP contribution >= 0.6 is 0 Å². The van der Waals surface area contributed by atoms with E-state index in [9.17, 15) is 19.5 Å². The molecule has 0 aliphatic carbocycles. The van der Waals surface area contributed by atoms with Gasteiger partial charge in [-0.25, -0.2) is 4.98 Å². The number of anilines is 1. The van der Waals surface area contributed by atoms with Crippen molar-refractivity contribution in [2.75, 3.05) is 44.3 Å². The second kappa shape index (κ2) is 9.90. The quantitative estimate of drug-likeness (QED) is 0.488. The monoisotopic (exact) mass is 493 g/mol. The number of piperazine rings is 1. The van der Waals surface area contributed by atoms with Gasteiger partial charge in [-0.1, -0.05) is 13.0 Å². The molecule has 5 rings (SSSR count). The summed E-state index contributed by atoms with van der Waals surface area (Å²) in [4.78, 5) is 50.3. The molecule has 2 aliphatic heterocycles. The predicted octanol–water partition coefficient (Wildman–Crippen LogP) is 0.519. The van der Waals surface area contributed by atoms with E-state index in [2.05, 4.69) is 15.1 Å². The minimum Gasteiger partial charge on any atom is -0.505 e. The lowest BCUT2D eigenvalue weighted by Crippen LogP contribution is -2.51. The van der Waals surface area contributed by atoms with Crippen LogP contribution in [0.4, 0.5) is 5.69 Å². The van der Waals surface area contributed by atoms with Gasteiger partial charge in [-0.05, 0) is 30.5 Å². The second-order valence-corrected chi connectivity index (χ2v) is 8.58. The number of carbonyl (C=O) groups excluding carboxylic acids is 2. The number of aromatic hydroxyl groups is 1. The summed E-state index contributed by atoms with van der Waals surface area (Å²) in [5, 5.41) is 14.5. The molecule has 0 bridgehead atoms. The number of aldehydes is 1. The van der Waals surface area contributed by atoms with Crippen LogP contribution in [0.15, 0.2) is 29.2 Å². The first-order valence-corrected chi connectivity index (χ1v) is 11.9. The van der Waals surface area contributed by atoms with Crippen LogP contribution in [0.5, 0.6) is 5.75 Å². The highest BCUT2D eigenvalue weighted by molar-refractivity contribution is 5.95. The lowest BCUT2D eigenvalue weighted by atomic mass is 10.1. The number of carbonyl (C=O) groups is 2. The number of fused-ring (bicyclic) bond motifs is 1. The standard InChI is InChI=1S/C24H27N7O5/c1-2-17-20(28-8-10-29(11-9-28)22(34)19-18(33)4-3-7-25-19)23(35)31-24(30(17)12-13-32)26-21(27-31)16-5-14-36-15-6-16/h3-5,7,13,33H,2,6,8-12,14-15H2,1H3. The van der Waals surface area contributed by atoms with Crippen molar-refractivity contribution in [3.05, 3.63) is 52.0 Å². The van der Waals surface area contributed by atoms with Gasteiger partial charge in [0, 0.05) is 32.4 Å². The van der Waals surface area contributed by atoms with Crippen LogP contribution in [0, 0.1) is 0 Å². The van der Waals surface area contributed by atoms with Gasteiger partial charge in [0.05, 0.1) is 25.5 Å². The topological polar surface area (TPSA) is 135 Å². The summed E-state index contributed by atoms with van der Waals surface area (Å²) in [5.41, 5.74) is 1.76. The molecule has 0 radical (unpaired) electrons. The van der Waals surface area contributed by atoms with Gasteiger partial charge in [-0.3, -0.25) is 9.59 Å². The van der Waals surface area contributed by atoms with Crippen molar-refractivity contribution in [3.63, 3.8) is 0 Å². The van der Waals surface area contributed by atoms with Crippen LogP contribution in [-0.4, -0.2) is 85.7 Å². The van der Waals surface area contributed by atoms with Crippen molar-refractivity contribution in [1.29, 1.82) is 0 Å². The molecule has 1 amide bonds. The molecule has 0 spiro atoms. The summed E-state index contributed by atoms with van der Waals surface area (Å²) in [6.45, 7) is 4.49. The van der Waals surface area contributed by atoms with Crippen LogP contribution in [0.25, 0.3) is 11.4 Å². The smallest absolute Gasteiger partial charge is 0.299 e. The van der Waals surface area contributed by atoms with Gasteiger partial charge < -0.3 is 29.0 Å². The molecule has 1 fully saturated rings. The van der Waals surface area contributed by atoms with Crippen LogP contribution < -0.4 is 10.5 Å². The number of amides is 1. The minimum absolute atomic E-state index is 0.00696. The van der Waals surface area contributed by atoms with E-state index in [0.717, 1.165) is 11.9 Å². The zero-order valence-corrected chi connectivity index (χ0v) is 20.0. The number of nitrogens with zero attached hydrogens (tertiary/aromatic N) is 7. The van der Waals surface area contributed by atoms with E-state index in [1.165, 1.54) is 16.8 Å². The molecule has 0 atom stereocenters. The molecule has 5 heterocycles. The van der Waals surface area contributed by atoms with Crippen molar-refractivity contribution in [3.8, 4) is 5.75 Å². The fraction of sp³-hybridized carbons (Fsp3) is 0.417. The lowest BCUT2D eigenvalue weighted by molar-refractivity contribution is -0.108. The van der Waals surface area contributed by atoms with Crippen molar-refractivity contribution < 1.29 is 19.4 Å². The van der Waals surface area contributed by atoms with Gasteiger partial charge in [0.1, 0.15) is 17.7 Å². The molecule has 1 N–H and O–H groups in total. The first kappa shape index (κ1) is 23.7. The maximum atomic E-state index is 13.7. The summed E-state index contributed by atoms with van der Waals surface area (Å²) >= 11 is 0. The molecule has 2 aliphatic rings. The van der Waals surface area contributed by atoms with Gasteiger partial charge >= 0.3 is 0 Å². The number of hydrogen-bond donors (Lipinski definition) is 1. The van der Waals surface area contributed by atoms with Crippen molar-refractivity contribution in [2.45, 2.75) is 26.3 Å². The summed E-state index contributed by atoms with van der Waals surface area (Å²) in [7, 11) is 0. The average molecular weight is 494 g/mol. The van der Waals surface area contributed by atoms with Crippen molar-refractivity contribution in [2.24, 2.45) is 0 Å². The molecule has 3 aromatic heterocycles. The highest BCUT2D eigenvalue weighted by Crippen LogP contribution is 2.24. The Morgan fingerprint density at radius 2 is 2.06 bits per heavy atom. The summed E-state index contributed by atoms with van der Waals surface area (Å²) in [5.74, 6) is 0.263. The van der Waals surface area contributed by atoms with E-state index in [1.54, 1.807) is 15.5 Å². The van der Waals surface area contributed by atoms with E-state index in [4.69, 9.17) is 4.74 Å². The van der Waals surface area contributed by atoms with E-state index in [1.807, 2.05) is 17.9 Å². The lowest BCUT2D eigenvalue weighted by Gasteiger charge is -2.36. The normalized spacial score (nSPS) is 16.3. The third-order valence-electron chi connectivity index (χ3n) is 6.54. The molecular formula is C24H27N7O5. The molecule has 0 saturated carbocycles. The zero-order valence-electron chi connectivity index (χ0n) is 20.0.